The molecule has 0 aromatic heterocycles. The van der Waals surface area contributed by atoms with E-state index < -0.39 is 12.0 Å². The summed E-state index contributed by atoms with van der Waals surface area (Å²) in [4.78, 5) is 11.8. The predicted molar refractivity (Wildman–Crippen MR) is 130 cm³/mol. The van der Waals surface area contributed by atoms with E-state index in [-0.39, 0.29) is 13.2 Å². The second-order valence-corrected chi connectivity index (χ2v) is 8.27. The number of rotatable bonds is 10. The number of carbonyl (C=O) groups is 1. The molecule has 5 nitrogen and oxygen atoms in total. The van der Waals surface area contributed by atoms with Crippen molar-refractivity contribution in [1.29, 1.82) is 0 Å². The Morgan fingerprint density at radius 1 is 1.12 bits per heavy atom. The van der Waals surface area contributed by atoms with Gasteiger partial charge in [-0.05, 0) is 51.7 Å². The van der Waals surface area contributed by atoms with E-state index in [1.165, 1.54) is 0 Å². The minimum absolute atomic E-state index is 0.263. The largest absolute Gasteiger partial charge is 0.487 e. The van der Waals surface area contributed by atoms with Crippen molar-refractivity contribution in [2.24, 2.45) is 0 Å². The second-order valence-electron chi connectivity index (χ2n) is 7.07. The Morgan fingerprint density at radius 3 is 2.59 bits per heavy atom. The van der Waals surface area contributed by atoms with Gasteiger partial charge in [0.25, 0.3) is 0 Å². The molecular weight excluding hydrogens is 494 g/mol. The van der Waals surface area contributed by atoms with Crippen LogP contribution in [0.4, 0.5) is 0 Å². The molecule has 0 aliphatic carbocycles. The maximum absolute atomic E-state index is 11.8. The van der Waals surface area contributed by atoms with Crippen LogP contribution in [0.2, 0.25) is 5.02 Å². The molecule has 0 aliphatic heterocycles. The smallest absolute Gasteiger partial charge is 0.325 e. The first-order valence-electron chi connectivity index (χ1n) is 10.3. The number of benzene rings is 3. The van der Waals surface area contributed by atoms with Gasteiger partial charge in [0.2, 0.25) is 0 Å². The topological polar surface area (TPSA) is 67.8 Å². The summed E-state index contributed by atoms with van der Waals surface area (Å²) in [6.45, 7) is 2.36. The van der Waals surface area contributed by atoms with Crippen LogP contribution in [0.3, 0.4) is 0 Å². The molecule has 0 radical (unpaired) electrons. The third kappa shape index (κ3) is 6.33. The first-order chi connectivity index (χ1) is 15.5. The minimum Gasteiger partial charge on any atom is -0.487 e. The van der Waals surface area contributed by atoms with E-state index in [2.05, 4.69) is 39.4 Å². The number of aliphatic hydroxyl groups is 1. The summed E-state index contributed by atoms with van der Waals surface area (Å²) < 4.78 is 11.9. The molecule has 0 heterocycles. The summed E-state index contributed by atoms with van der Waals surface area (Å²) in [5.74, 6) is 0.0842. The summed E-state index contributed by atoms with van der Waals surface area (Å²) in [5.41, 5.74) is 4.09. The number of halogens is 2. The summed E-state index contributed by atoms with van der Waals surface area (Å²) in [6, 6.07) is 20.9. The zero-order chi connectivity index (χ0) is 22.9. The molecule has 0 spiro atoms. The van der Waals surface area contributed by atoms with Gasteiger partial charge in [-0.1, -0.05) is 66.2 Å². The van der Waals surface area contributed by atoms with Crippen LogP contribution in [0.15, 0.2) is 71.2 Å². The van der Waals surface area contributed by atoms with Gasteiger partial charge in [0.1, 0.15) is 18.4 Å². The molecule has 3 aromatic carbocycles. The lowest BCUT2D eigenvalue weighted by Crippen LogP contribution is -2.40. The number of carbonyl (C=O) groups excluding carboxylic acids is 1. The van der Waals surface area contributed by atoms with E-state index in [4.69, 9.17) is 21.1 Å². The van der Waals surface area contributed by atoms with Crippen molar-refractivity contribution in [3.05, 3.63) is 87.4 Å². The Morgan fingerprint density at radius 2 is 1.91 bits per heavy atom. The van der Waals surface area contributed by atoms with Gasteiger partial charge < -0.3 is 14.6 Å². The molecule has 7 heteroatoms. The molecule has 0 aliphatic rings. The normalized spacial score (nSPS) is 11.8. The third-order valence-corrected chi connectivity index (χ3v) is 6.08. The van der Waals surface area contributed by atoms with Crippen LogP contribution in [-0.4, -0.2) is 30.3 Å². The summed E-state index contributed by atoms with van der Waals surface area (Å²) in [6.07, 6.45) is 0. The van der Waals surface area contributed by atoms with Crippen molar-refractivity contribution in [1.82, 2.24) is 5.32 Å². The van der Waals surface area contributed by atoms with Gasteiger partial charge in [0.05, 0.1) is 18.2 Å². The van der Waals surface area contributed by atoms with Gasteiger partial charge >= 0.3 is 5.97 Å². The highest BCUT2D eigenvalue weighted by molar-refractivity contribution is 9.10. The minimum atomic E-state index is -0.779. The van der Waals surface area contributed by atoms with Crippen LogP contribution in [-0.2, 0) is 22.7 Å². The first-order valence-corrected chi connectivity index (χ1v) is 11.5. The SMILES string of the molecule is CCOC(=O)[C@@H](CO)NCc1ccc(OCc2cccc(-c3ccccc3)c2Br)c(Cl)c1. The fourth-order valence-corrected chi connectivity index (χ4v) is 4.03. The predicted octanol–water partition coefficient (Wildman–Crippen LogP) is 5.36. The Bertz CT molecular complexity index is 1050. The van der Waals surface area contributed by atoms with Gasteiger partial charge in [-0.2, -0.15) is 0 Å². The number of aliphatic hydroxyl groups excluding tert-OH is 1. The molecule has 2 N–H and O–H groups in total. The van der Waals surface area contributed by atoms with Gasteiger partial charge in [-0.15, -0.1) is 0 Å². The third-order valence-electron chi connectivity index (χ3n) is 4.85. The molecule has 0 unspecified atom stereocenters. The van der Waals surface area contributed by atoms with E-state index in [1.807, 2.05) is 36.4 Å². The van der Waals surface area contributed by atoms with Crippen molar-refractivity contribution < 1.29 is 19.4 Å². The van der Waals surface area contributed by atoms with Crippen LogP contribution in [0.5, 0.6) is 5.75 Å². The summed E-state index contributed by atoms with van der Waals surface area (Å²) >= 11 is 10.1. The molecule has 0 saturated carbocycles. The maximum Gasteiger partial charge on any atom is 0.325 e. The summed E-state index contributed by atoms with van der Waals surface area (Å²) in [7, 11) is 0. The Hall–Kier alpha value is -2.38. The van der Waals surface area contributed by atoms with E-state index in [9.17, 15) is 9.90 Å². The maximum atomic E-state index is 11.8. The fraction of sp³-hybridized carbons (Fsp3) is 0.240. The highest BCUT2D eigenvalue weighted by atomic mass is 79.9. The van der Waals surface area contributed by atoms with Crippen LogP contribution < -0.4 is 10.1 Å². The standard InChI is InChI=1S/C25H25BrClNO4/c1-2-31-25(30)22(15-29)28-14-17-11-12-23(21(27)13-17)32-16-19-9-6-10-20(24(19)26)18-7-4-3-5-8-18/h3-13,22,28-29H,2,14-16H2,1H3/t22-/m1/s1. The van der Waals surface area contributed by atoms with E-state index >= 15 is 0 Å². The lowest BCUT2D eigenvalue weighted by molar-refractivity contribution is -0.146. The van der Waals surface area contributed by atoms with Crippen molar-refractivity contribution in [3.8, 4) is 16.9 Å². The number of hydrogen-bond acceptors (Lipinski definition) is 5. The molecule has 1 atom stereocenters. The zero-order valence-corrected chi connectivity index (χ0v) is 20.0. The zero-order valence-electron chi connectivity index (χ0n) is 17.7. The molecule has 0 fully saturated rings. The average molecular weight is 519 g/mol. The van der Waals surface area contributed by atoms with Crippen molar-refractivity contribution in [2.45, 2.75) is 26.1 Å². The van der Waals surface area contributed by atoms with Crippen molar-refractivity contribution in [2.75, 3.05) is 13.2 Å². The Kier molecular flexibility index (Phi) is 9.11. The number of ether oxygens (including phenoxy) is 2. The van der Waals surface area contributed by atoms with Crippen LogP contribution in [0.1, 0.15) is 18.1 Å². The van der Waals surface area contributed by atoms with E-state index in [0.29, 0.717) is 23.9 Å². The Balaban J connectivity index is 1.64. The van der Waals surface area contributed by atoms with Crippen LogP contribution in [0.25, 0.3) is 11.1 Å². The molecule has 0 saturated heterocycles. The Labute approximate surface area is 201 Å². The van der Waals surface area contributed by atoms with Gasteiger partial charge in [0, 0.05) is 16.6 Å². The lowest BCUT2D eigenvalue weighted by Gasteiger charge is -2.16. The van der Waals surface area contributed by atoms with E-state index in [0.717, 1.165) is 26.7 Å². The van der Waals surface area contributed by atoms with Crippen molar-refractivity contribution >= 4 is 33.5 Å². The van der Waals surface area contributed by atoms with Crippen LogP contribution >= 0.6 is 27.5 Å². The second kappa shape index (κ2) is 12.0. The summed E-state index contributed by atoms with van der Waals surface area (Å²) in [5, 5.41) is 12.8. The molecular formula is C25H25BrClNO4. The number of hydrogen-bond donors (Lipinski definition) is 2. The highest BCUT2D eigenvalue weighted by Crippen LogP contribution is 2.32. The van der Waals surface area contributed by atoms with Crippen molar-refractivity contribution in [3.63, 3.8) is 0 Å². The molecule has 168 valence electrons. The highest BCUT2D eigenvalue weighted by Gasteiger charge is 2.18. The average Bonchev–Trinajstić information content (AvgIpc) is 2.80. The number of esters is 1. The fourth-order valence-electron chi connectivity index (χ4n) is 3.17. The van der Waals surface area contributed by atoms with Gasteiger partial charge in [-0.3, -0.25) is 10.1 Å². The molecule has 3 rings (SSSR count). The van der Waals surface area contributed by atoms with Crippen LogP contribution in [0, 0.1) is 0 Å². The van der Waals surface area contributed by atoms with Gasteiger partial charge in [-0.25, -0.2) is 0 Å². The quantitative estimate of drug-likeness (QED) is 0.354. The molecule has 3 aromatic rings. The van der Waals surface area contributed by atoms with Gasteiger partial charge in [0.15, 0.2) is 0 Å². The monoisotopic (exact) mass is 517 g/mol. The number of nitrogens with one attached hydrogen (secondary N) is 1. The molecule has 0 amide bonds. The lowest BCUT2D eigenvalue weighted by atomic mass is 10.0. The first kappa shape index (κ1) is 24.3. The molecule has 0 bridgehead atoms. The van der Waals surface area contributed by atoms with E-state index in [1.54, 1.807) is 19.1 Å². The molecule has 32 heavy (non-hydrogen) atoms.